The molecule has 1 N–H and O–H groups in total. The Morgan fingerprint density at radius 2 is 1.79 bits per heavy atom. The van der Waals surface area contributed by atoms with Crippen molar-refractivity contribution in [2.45, 2.75) is 18.4 Å². The maximum absolute atomic E-state index is 13.6. The second-order valence-corrected chi connectivity index (χ2v) is 9.44. The highest BCUT2D eigenvalue weighted by Gasteiger charge is 2.30. The van der Waals surface area contributed by atoms with Crippen LogP contribution in [0.25, 0.3) is 0 Å². The highest BCUT2D eigenvalue weighted by Crippen LogP contribution is 2.33. The van der Waals surface area contributed by atoms with Crippen molar-refractivity contribution >= 4 is 21.6 Å². The Labute approximate surface area is 196 Å². The first-order chi connectivity index (χ1) is 16.3. The van der Waals surface area contributed by atoms with Crippen LogP contribution >= 0.6 is 0 Å². The molecule has 0 unspecified atom stereocenters. The lowest BCUT2D eigenvalue weighted by molar-refractivity contribution is -0.119. The molecule has 34 heavy (non-hydrogen) atoms. The van der Waals surface area contributed by atoms with E-state index in [0.717, 1.165) is 22.0 Å². The summed E-state index contributed by atoms with van der Waals surface area (Å²) in [7, 11) is -2.86. The molecular formula is C24H23FN2O6S. The van der Waals surface area contributed by atoms with Gasteiger partial charge in [0.15, 0.2) is 11.5 Å². The molecular weight excluding hydrogens is 463 g/mol. The number of ether oxygens (including phenoxy) is 3. The number of hydrogen-bond acceptors (Lipinski definition) is 6. The number of fused-ring (bicyclic) bond motifs is 1. The van der Waals surface area contributed by atoms with E-state index in [4.69, 9.17) is 14.2 Å². The standard InChI is InChI=1S/C24H23FN2O6S/c1-16-3-9-21(31-2)23(11-16)34(29,30)27(19-7-5-18(25)6-8-19)14-24(28)26-13-17-4-10-20-22(12-17)33-15-32-20/h3-12H,13-15H2,1-2H3,(H,26,28). The number of aryl methyl sites for hydroxylation is 1. The first-order valence-corrected chi connectivity index (χ1v) is 11.8. The molecule has 178 valence electrons. The maximum Gasteiger partial charge on any atom is 0.268 e. The van der Waals surface area contributed by atoms with E-state index in [9.17, 15) is 17.6 Å². The molecule has 3 aromatic rings. The van der Waals surface area contributed by atoms with Gasteiger partial charge in [-0.1, -0.05) is 12.1 Å². The Morgan fingerprint density at radius 3 is 2.53 bits per heavy atom. The van der Waals surface area contributed by atoms with Gasteiger partial charge in [-0.3, -0.25) is 9.10 Å². The van der Waals surface area contributed by atoms with Crippen LogP contribution in [0.1, 0.15) is 11.1 Å². The number of hydrogen-bond donors (Lipinski definition) is 1. The van der Waals surface area contributed by atoms with Gasteiger partial charge in [-0.05, 0) is 66.6 Å². The Morgan fingerprint density at radius 1 is 1.06 bits per heavy atom. The van der Waals surface area contributed by atoms with Crippen molar-refractivity contribution in [3.63, 3.8) is 0 Å². The summed E-state index contributed by atoms with van der Waals surface area (Å²) in [5.41, 5.74) is 1.60. The van der Waals surface area contributed by atoms with Gasteiger partial charge in [-0.25, -0.2) is 12.8 Å². The molecule has 0 saturated carbocycles. The fraction of sp³-hybridized carbons (Fsp3) is 0.208. The molecule has 0 aromatic heterocycles. The summed E-state index contributed by atoms with van der Waals surface area (Å²) in [5, 5.41) is 2.72. The molecule has 10 heteroatoms. The molecule has 3 aromatic carbocycles. The second kappa shape index (κ2) is 9.60. The number of rotatable bonds is 8. The van der Waals surface area contributed by atoms with E-state index in [2.05, 4.69) is 5.32 Å². The molecule has 1 amide bonds. The van der Waals surface area contributed by atoms with E-state index in [1.54, 1.807) is 37.3 Å². The average molecular weight is 487 g/mol. The number of carbonyl (C=O) groups is 1. The second-order valence-electron chi connectivity index (χ2n) is 7.61. The van der Waals surface area contributed by atoms with Crippen LogP contribution < -0.4 is 23.8 Å². The van der Waals surface area contributed by atoms with Gasteiger partial charge in [0.1, 0.15) is 23.0 Å². The zero-order chi connectivity index (χ0) is 24.3. The molecule has 0 bridgehead atoms. The van der Waals surface area contributed by atoms with Crippen LogP contribution in [0.3, 0.4) is 0 Å². The van der Waals surface area contributed by atoms with Crippen LogP contribution in [0.15, 0.2) is 65.6 Å². The van der Waals surface area contributed by atoms with E-state index >= 15 is 0 Å². The first-order valence-electron chi connectivity index (χ1n) is 10.4. The lowest BCUT2D eigenvalue weighted by Gasteiger charge is -2.25. The molecule has 0 atom stereocenters. The number of methoxy groups -OCH3 is 1. The molecule has 1 aliphatic heterocycles. The minimum Gasteiger partial charge on any atom is -0.495 e. The molecule has 1 heterocycles. The zero-order valence-electron chi connectivity index (χ0n) is 18.6. The van der Waals surface area contributed by atoms with Gasteiger partial charge in [-0.2, -0.15) is 0 Å². The van der Waals surface area contributed by atoms with Crippen molar-refractivity contribution in [1.82, 2.24) is 5.32 Å². The largest absolute Gasteiger partial charge is 0.495 e. The van der Waals surface area contributed by atoms with Crippen LogP contribution in [0, 0.1) is 12.7 Å². The number of nitrogens with one attached hydrogen (secondary N) is 1. The van der Waals surface area contributed by atoms with Gasteiger partial charge in [0.05, 0.1) is 12.8 Å². The maximum atomic E-state index is 13.6. The summed E-state index contributed by atoms with van der Waals surface area (Å²) in [6.07, 6.45) is 0. The van der Waals surface area contributed by atoms with Crippen molar-refractivity contribution in [3.05, 3.63) is 77.6 Å². The van der Waals surface area contributed by atoms with Gasteiger partial charge in [0, 0.05) is 6.54 Å². The van der Waals surface area contributed by atoms with Crippen molar-refractivity contribution < 1.29 is 31.8 Å². The topological polar surface area (TPSA) is 94.2 Å². The monoisotopic (exact) mass is 486 g/mol. The van der Waals surface area contributed by atoms with Crippen LogP contribution in [-0.2, 0) is 21.4 Å². The number of amides is 1. The average Bonchev–Trinajstić information content (AvgIpc) is 3.30. The quantitative estimate of drug-likeness (QED) is 0.525. The van der Waals surface area contributed by atoms with E-state index in [-0.39, 0.29) is 29.7 Å². The summed E-state index contributed by atoms with van der Waals surface area (Å²) in [6.45, 7) is 1.52. The van der Waals surface area contributed by atoms with Crippen LogP contribution in [0.4, 0.5) is 10.1 Å². The number of sulfonamides is 1. The predicted molar refractivity (Wildman–Crippen MR) is 123 cm³/mol. The SMILES string of the molecule is COc1ccc(C)cc1S(=O)(=O)N(CC(=O)NCc1ccc2c(c1)OCO2)c1ccc(F)cc1. The van der Waals surface area contributed by atoms with Gasteiger partial charge >= 0.3 is 0 Å². The smallest absolute Gasteiger partial charge is 0.268 e. The summed E-state index contributed by atoms with van der Waals surface area (Å²) >= 11 is 0. The lowest BCUT2D eigenvalue weighted by atomic mass is 10.2. The number of anilines is 1. The predicted octanol–water partition coefficient (Wildman–Crippen LogP) is 3.38. The minimum absolute atomic E-state index is 0.0945. The highest BCUT2D eigenvalue weighted by atomic mass is 32.2. The van der Waals surface area contributed by atoms with E-state index in [0.29, 0.717) is 17.1 Å². The molecule has 0 saturated heterocycles. The fourth-order valence-corrected chi connectivity index (χ4v) is 5.13. The van der Waals surface area contributed by atoms with Gasteiger partial charge in [-0.15, -0.1) is 0 Å². The Hall–Kier alpha value is -3.79. The summed E-state index contributed by atoms with van der Waals surface area (Å²) in [6, 6.07) is 14.9. The third kappa shape index (κ3) is 4.91. The van der Waals surface area contributed by atoms with Gasteiger partial charge in [0.2, 0.25) is 12.7 Å². The molecule has 8 nitrogen and oxygen atoms in total. The zero-order valence-corrected chi connectivity index (χ0v) is 19.4. The number of halogens is 1. The first kappa shape index (κ1) is 23.4. The van der Waals surface area contributed by atoms with Crippen LogP contribution in [-0.4, -0.2) is 34.8 Å². The third-order valence-corrected chi connectivity index (χ3v) is 7.01. The highest BCUT2D eigenvalue weighted by molar-refractivity contribution is 7.93. The van der Waals surface area contributed by atoms with Crippen molar-refractivity contribution in [1.29, 1.82) is 0 Å². The third-order valence-electron chi connectivity index (χ3n) is 5.22. The van der Waals surface area contributed by atoms with Crippen molar-refractivity contribution in [2.24, 2.45) is 0 Å². The van der Waals surface area contributed by atoms with Crippen molar-refractivity contribution in [3.8, 4) is 17.2 Å². The molecule has 4 rings (SSSR count). The molecule has 0 aliphatic carbocycles. The fourth-order valence-electron chi connectivity index (χ4n) is 3.46. The Kier molecular flexibility index (Phi) is 6.60. The van der Waals surface area contributed by atoms with Gasteiger partial charge < -0.3 is 19.5 Å². The number of nitrogens with zero attached hydrogens (tertiary/aromatic N) is 1. The molecule has 0 fully saturated rings. The Bertz CT molecular complexity index is 1310. The molecule has 0 spiro atoms. The number of carbonyl (C=O) groups excluding carboxylic acids is 1. The number of benzene rings is 3. The normalized spacial score (nSPS) is 12.3. The van der Waals surface area contributed by atoms with Crippen LogP contribution in [0.5, 0.6) is 17.2 Å². The summed E-state index contributed by atoms with van der Waals surface area (Å²) in [5.74, 6) is 0.265. The van der Waals surface area contributed by atoms with E-state index in [1.165, 1.54) is 25.3 Å². The van der Waals surface area contributed by atoms with Gasteiger partial charge in [0.25, 0.3) is 10.0 Å². The molecule has 1 aliphatic rings. The Balaban J connectivity index is 1.59. The van der Waals surface area contributed by atoms with E-state index in [1.807, 2.05) is 0 Å². The lowest BCUT2D eigenvalue weighted by Crippen LogP contribution is -2.40. The molecule has 0 radical (unpaired) electrons. The minimum atomic E-state index is -4.23. The van der Waals surface area contributed by atoms with Crippen LogP contribution in [0.2, 0.25) is 0 Å². The van der Waals surface area contributed by atoms with E-state index < -0.39 is 28.3 Å². The summed E-state index contributed by atoms with van der Waals surface area (Å²) < 4.78 is 57.6. The summed E-state index contributed by atoms with van der Waals surface area (Å²) in [4.78, 5) is 12.7. The van der Waals surface area contributed by atoms with Crippen molar-refractivity contribution in [2.75, 3.05) is 24.8 Å².